The predicted octanol–water partition coefficient (Wildman–Crippen LogP) is 0.261. The maximum atomic E-state index is 12.9. The number of piperazine rings is 1. The molecule has 3 heterocycles. The highest BCUT2D eigenvalue weighted by molar-refractivity contribution is 6.23. The van der Waals surface area contributed by atoms with Crippen LogP contribution in [-0.4, -0.2) is 72.7 Å². The lowest BCUT2D eigenvalue weighted by Crippen LogP contribution is -2.54. The van der Waals surface area contributed by atoms with Crippen molar-refractivity contribution >= 4 is 41.7 Å². The zero-order valence-electron chi connectivity index (χ0n) is 14.9. The van der Waals surface area contributed by atoms with Crippen LogP contribution in [0.1, 0.15) is 33.6 Å². The number of hydrogen-bond donors (Lipinski definition) is 1. The van der Waals surface area contributed by atoms with Crippen molar-refractivity contribution in [2.45, 2.75) is 18.9 Å². The maximum absolute atomic E-state index is 12.9. The quantitative estimate of drug-likeness (QED) is 0.726. The molecule has 9 heteroatoms. The van der Waals surface area contributed by atoms with E-state index in [1.807, 2.05) is 6.07 Å². The van der Waals surface area contributed by atoms with Crippen LogP contribution in [0.5, 0.6) is 0 Å². The van der Waals surface area contributed by atoms with Crippen LogP contribution < -0.4 is 10.2 Å². The summed E-state index contributed by atoms with van der Waals surface area (Å²) >= 11 is 0. The number of imide groups is 2. The number of carbonyl (C=O) groups is 4. The number of fused-ring (bicyclic) bond motifs is 1. The van der Waals surface area contributed by atoms with Crippen LogP contribution in [0.4, 0.5) is 5.69 Å². The Morgan fingerprint density at radius 1 is 1.00 bits per heavy atom. The molecule has 0 radical (unpaired) electrons. The second-order valence-corrected chi connectivity index (χ2v) is 6.79. The Kier molecular flexibility index (Phi) is 5.21. The highest BCUT2D eigenvalue weighted by Crippen LogP contribution is 2.31. The predicted molar refractivity (Wildman–Crippen MR) is 100 cm³/mol. The molecule has 0 spiro atoms. The molecule has 1 aromatic carbocycles. The second-order valence-electron chi connectivity index (χ2n) is 6.79. The summed E-state index contributed by atoms with van der Waals surface area (Å²) in [4.78, 5) is 53.9. The van der Waals surface area contributed by atoms with Crippen molar-refractivity contribution in [1.29, 1.82) is 0 Å². The molecule has 8 nitrogen and oxygen atoms in total. The molecule has 144 valence electrons. The van der Waals surface area contributed by atoms with Gasteiger partial charge in [-0.2, -0.15) is 0 Å². The molecular formula is C18H21ClN4O4. The molecule has 1 aromatic rings. The van der Waals surface area contributed by atoms with Crippen molar-refractivity contribution in [3.8, 4) is 0 Å². The Morgan fingerprint density at radius 3 is 2.37 bits per heavy atom. The van der Waals surface area contributed by atoms with Crippen molar-refractivity contribution < 1.29 is 19.2 Å². The molecule has 0 aromatic heterocycles. The lowest BCUT2D eigenvalue weighted by Gasteiger charge is -2.32. The van der Waals surface area contributed by atoms with E-state index < -0.39 is 23.8 Å². The van der Waals surface area contributed by atoms with Crippen molar-refractivity contribution in [2.75, 3.05) is 38.1 Å². The van der Waals surface area contributed by atoms with E-state index >= 15 is 0 Å². The molecule has 0 saturated carbocycles. The fourth-order valence-electron chi connectivity index (χ4n) is 3.79. The Labute approximate surface area is 162 Å². The van der Waals surface area contributed by atoms with E-state index in [9.17, 15) is 19.2 Å². The summed E-state index contributed by atoms with van der Waals surface area (Å²) < 4.78 is 0. The fourth-order valence-corrected chi connectivity index (χ4v) is 3.79. The summed E-state index contributed by atoms with van der Waals surface area (Å²) in [5, 5.41) is 3.27. The van der Waals surface area contributed by atoms with Gasteiger partial charge >= 0.3 is 0 Å². The van der Waals surface area contributed by atoms with E-state index in [4.69, 9.17) is 0 Å². The third-order valence-electron chi connectivity index (χ3n) is 5.32. The number of hydrogen-bond acceptors (Lipinski definition) is 6. The van der Waals surface area contributed by atoms with Gasteiger partial charge in [-0.25, -0.2) is 0 Å². The standard InChI is InChI=1S/C18H20N4O4.ClH/c1-20-15(23)5-4-14(18(20)26)22-16(24)12-3-2-11(10-13(12)17(22)25)21-8-6-19-7-9-21;/h2-3,10,14,19H,4-9H2,1H3;1H. The van der Waals surface area contributed by atoms with Crippen LogP contribution in [0.15, 0.2) is 18.2 Å². The zero-order chi connectivity index (χ0) is 18.4. The normalized spacial score (nSPS) is 22.9. The van der Waals surface area contributed by atoms with Gasteiger partial charge in [-0.3, -0.25) is 29.0 Å². The SMILES string of the molecule is CN1C(=O)CCC(N2C(=O)c3ccc(N4CCNCC4)cc3C2=O)C1=O.Cl. The van der Waals surface area contributed by atoms with E-state index in [2.05, 4.69) is 10.2 Å². The average molecular weight is 393 g/mol. The van der Waals surface area contributed by atoms with Crippen LogP contribution in [0, 0.1) is 0 Å². The fraction of sp³-hybridized carbons (Fsp3) is 0.444. The highest BCUT2D eigenvalue weighted by atomic mass is 35.5. The Morgan fingerprint density at radius 2 is 1.67 bits per heavy atom. The first-order valence-corrected chi connectivity index (χ1v) is 8.77. The number of nitrogens with zero attached hydrogens (tertiary/aromatic N) is 3. The number of piperidine rings is 1. The second kappa shape index (κ2) is 7.28. The summed E-state index contributed by atoms with van der Waals surface area (Å²) in [6.45, 7) is 3.40. The topological polar surface area (TPSA) is 90.0 Å². The first-order valence-electron chi connectivity index (χ1n) is 8.77. The van der Waals surface area contributed by atoms with E-state index in [0.29, 0.717) is 11.1 Å². The molecule has 27 heavy (non-hydrogen) atoms. The van der Waals surface area contributed by atoms with Crippen LogP contribution >= 0.6 is 12.4 Å². The van der Waals surface area contributed by atoms with E-state index in [0.717, 1.165) is 41.7 Å². The number of likely N-dealkylation sites (tertiary alicyclic amines) is 1. The monoisotopic (exact) mass is 392 g/mol. The zero-order valence-corrected chi connectivity index (χ0v) is 15.8. The molecule has 4 rings (SSSR count). The molecule has 0 aliphatic carbocycles. The third kappa shape index (κ3) is 3.08. The van der Waals surface area contributed by atoms with Crippen LogP contribution in [0.2, 0.25) is 0 Å². The minimum atomic E-state index is -0.910. The van der Waals surface area contributed by atoms with Gasteiger partial charge in [-0.1, -0.05) is 0 Å². The molecule has 1 atom stereocenters. The summed E-state index contributed by atoms with van der Waals surface area (Å²) in [6, 6.07) is 4.34. The average Bonchev–Trinajstić information content (AvgIpc) is 2.91. The number of rotatable bonds is 2. The molecule has 1 N–H and O–H groups in total. The molecule has 1 unspecified atom stereocenters. The molecule has 0 bridgehead atoms. The van der Waals surface area contributed by atoms with Gasteiger partial charge in [0, 0.05) is 45.3 Å². The Bertz CT molecular complexity index is 822. The number of carbonyl (C=O) groups excluding carboxylic acids is 4. The minimum Gasteiger partial charge on any atom is -0.369 e. The first kappa shape index (κ1) is 19.3. The molecule has 3 aliphatic rings. The summed E-state index contributed by atoms with van der Waals surface area (Å²) in [7, 11) is 1.39. The van der Waals surface area contributed by atoms with Crippen LogP contribution in [0.25, 0.3) is 0 Å². The molecule has 3 aliphatic heterocycles. The van der Waals surface area contributed by atoms with Gasteiger partial charge in [-0.05, 0) is 24.6 Å². The number of likely N-dealkylation sites (N-methyl/N-ethyl adjacent to an activating group) is 1. The number of anilines is 1. The van der Waals surface area contributed by atoms with Gasteiger partial charge in [0.2, 0.25) is 5.91 Å². The van der Waals surface area contributed by atoms with Gasteiger partial charge in [0.25, 0.3) is 17.7 Å². The smallest absolute Gasteiger partial charge is 0.262 e. The van der Waals surface area contributed by atoms with Crippen molar-refractivity contribution in [1.82, 2.24) is 15.1 Å². The summed E-state index contributed by atoms with van der Waals surface area (Å²) in [6.07, 6.45) is 0.324. The van der Waals surface area contributed by atoms with E-state index in [1.54, 1.807) is 12.1 Å². The lowest BCUT2D eigenvalue weighted by molar-refractivity contribution is -0.149. The van der Waals surface area contributed by atoms with Crippen molar-refractivity contribution in [2.24, 2.45) is 0 Å². The number of nitrogens with one attached hydrogen (secondary N) is 1. The van der Waals surface area contributed by atoms with Gasteiger partial charge in [0.05, 0.1) is 11.1 Å². The van der Waals surface area contributed by atoms with Gasteiger partial charge in [-0.15, -0.1) is 12.4 Å². The third-order valence-corrected chi connectivity index (χ3v) is 5.32. The van der Waals surface area contributed by atoms with Gasteiger partial charge in [0.1, 0.15) is 6.04 Å². The number of benzene rings is 1. The van der Waals surface area contributed by atoms with Gasteiger partial charge < -0.3 is 10.2 Å². The van der Waals surface area contributed by atoms with E-state index in [-0.39, 0.29) is 31.2 Å². The largest absolute Gasteiger partial charge is 0.369 e. The Balaban J connectivity index is 0.00000210. The van der Waals surface area contributed by atoms with Crippen molar-refractivity contribution in [3.05, 3.63) is 29.3 Å². The Hall–Kier alpha value is -2.45. The molecular weight excluding hydrogens is 372 g/mol. The minimum absolute atomic E-state index is 0. The maximum Gasteiger partial charge on any atom is 0.262 e. The number of amides is 4. The first-order chi connectivity index (χ1) is 12.5. The molecule has 2 fully saturated rings. The van der Waals surface area contributed by atoms with Crippen LogP contribution in [0.3, 0.4) is 0 Å². The highest BCUT2D eigenvalue weighted by Gasteiger charge is 2.46. The van der Waals surface area contributed by atoms with Crippen LogP contribution in [-0.2, 0) is 9.59 Å². The summed E-state index contributed by atoms with van der Waals surface area (Å²) in [5.74, 6) is -1.71. The molecule has 2 saturated heterocycles. The van der Waals surface area contributed by atoms with Crippen molar-refractivity contribution in [3.63, 3.8) is 0 Å². The summed E-state index contributed by atoms with van der Waals surface area (Å²) in [5.41, 5.74) is 1.55. The number of halogens is 1. The molecule has 4 amide bonds. The lowest BCUT2D eigenvalue weighted by atomic mass is 10.0. The van der Waals surface area contributed by atoms with E-state index in [1.165, 1.54) is 7.05 Å². The van der Waals surface area contributed by atoms with Gasteiger partial charge in [0.15, 0.2) is 0 Å².